The largest absolute Gasteiger partial charge is 0.342 e. The number of carbonyl (C=O) groups is 1. The van der Waals surface area contributed by atoms with Crippen molar-refractivity contribution >= 4 is 29.3 Å². The smallest absolute Gasteiger partial charge is 0.222 e. The van der Waals surface area contributed by atoms with Crippen LogP contribution >= 0.6 is 23.4 Å². The average molecular weight is 312 g/mol. The molecule has 0 aromatic heterocycles. The van der Waals surface area contributed by atoms with Gasteiger partial charge in [-0.05, 0) is 24.5 Å². The summed E-state index contributed by atoms with van der Waals surface area (Å²) in [5.41, 5.74) is 1.21. The molecule has 1 fully saturated rings. The van der Waals surface area contributed by atoms with Crippen molar-refractivity contribution < 1.29 is 4.79 Å². The first-order valence-electron chi connectivity index (χ1n) is 7.36. The number of carbonyl (C=O) groups excluding carboxylic acids is 1. The number of hydrogen-bond donors (Lipinski definition) is 0. The van der Waals surface area contributed by atoms with Crippen molar-refractivity contribution in [2.75, 3.05) is 18.8 Å². The van der Waals surface area contributed by atoms with E-state index >= 15 is 0 Å². The summed E-state index contributed by atoms with van der Waals surface area (Å²) in [6.07, 6.45) is 3.76. The maximum Gasteiger partial charge on any atom is 0.222 e. The number of rotatable bonds is 4. The molecule has 110 valence electrons. The number of unbranched alkanes of at least 4 members (excludes halogenated alkanes) is 1. The van der Waals surface area contributed by atoms with Gasteiger partial charge in [0.15, 0.2) is 0 Å². The Morgan fingerprint density at radius 3 is 2.95 bits per heavy atom. The van der Waals surface area contributed by atoms with Crippen molar-refractivity contribution in [1.82, 2.24) is 4.90 Å². The predicted octanol–water partition coefficient (Wildman–Crippen LogP) is 4.54. The van der Waals surface area contributed by atoms with E-state index < -0.39 is 0 Å². The first-order valence-corrected chi connectivity index (χ1v) is 8.79. The Morgan fingerprint density at radius 1 is 1.40 bits per heavy atom. The lowest BCUT2D eigenvalue weighted by Crippen LogP contribution is -2.32. The van der Waals surface area contributed by atoms with Crippen molar-refractivity contribution in [2.24, 2.45) is 0 Å². The van der Waals surface area contributed by atoms with Gasteiger partial charge in [-0.25, -0.2) is 0 Å². The Bertz CT molecular complexity index is 452. The molecule has 1 aliphatic heterocycles. The molecule has 2 rings (SSSR count). The van der Waals surface area contributed by atoms with Crippen LogP contribution in [0.2, 0.25) is 5.02 Å². The monoisotopic (exact) mass is 311 g/mol. The summed E-state index contributed by atoms with van der Waals surface area (Å²) >= 11 is 8.20. The highest BCUT2D eigenvalue weighted by Crippen LogP contribution is 2.37. The molecule has 1 heterocycles. The van der Waals surface area contributed by atoms with Gasteiger partial charge in [-0.3, -0.25) is 4.79 Å². The van der Waals surface area contributed by atoms with Crippen LogP contribution in [0.4, 0.5) is 0 Å². The Kier molecular flexibility index (Phi) is 6.24. The highest BCUT2D eigenvalue weighted by atomic mass is 35.5. The zero-order valence-electron chi connectivity index (χ0n) is 12.0. The van der Waals surface area contributed by atoms with Crippen LogP contribution in [0.15, 0.2) is 24.3 Å². The van der Waals surface area contributed by atoms with Crippen molar-refractivity contribution in [2.45, 2.75) is 37.9 Å². The van der Waals surface area contributed by atoms with E-state index in [1.54, 1.807) is 0 Å². The summed E-state index contributed by atoms with van der Waals surface area (Å²) in [4.78, 5) is 14.1. The molecule has 1 unspecified atom stereocenters. The van der Waals surface area contributed by atoms with Crippen LogP contribution in [0.5, 0.6) is 0 Å². The Balaban J connectivity index is 1.95. The third-order valence-corrected chi connectivity index (χ3v) is 5.34. The summed E-state index contributed by atoms with van der Waals surface area (Å²) in [7, 11) is 0. The first-order chi connectivity index (χ1) is 9.72. The molecule has 2 nitrogen and oxygen atoms in total. The quantitative estimate of drug-likeness (QED) is 0.814. The maximum absolute atomic E-state index is 12.1. The lowest BCUT2D eigenvalue weighted by molar-refractivity contribution is -0.131. The van der Waals surface area contributed by atoms with Gasteiger partial charge in [-0.2, -0.15) is 11.8 Å². The Morgan fingerprint density at radius 2 is 2.20 bits per heavy atom. The van der Waals surface area contributed by atoms with Crippen molar-refractivity contribution in [3.05, 3.63) is 34.9 Å². The zero-order chi connectivity index (χ0) is 14.4. The van der Waals surface area contributed by atoms with Crippen molar-refractivity contribution in [1.29, 1.82) is 0 Å². The topological polar surface area (TPSA) is 20.3 Å². The minimum atomic E-state index is 0.312. The van der Waals surface area contributed by atoms with E-state index in [0.29, 0.717) is 17.6 Å². The van der Waals surface area contributed by atoms with E-state index in [4.69, 9.17) is 11.6 Å². The van der Waals surface area contributed by atoms with Gasteiger partial charge in [0.2, 0.25) is 5.91 Å². The molecule has 1 aromatic carbocycles. The molecule has 1 saturated heterocycles. The van der Waals surface area contributed by atoms with E-state index in [1.165, 1.54) is 5.56 Å². The molecule has 0 bridgehead atoms. The molecule has 0 N–H and O–H groups in total. The number of halogens is 1. The lowest BCUT2D eigenvalue weighted by Gasteiger charge is -2.20. The molecule has 20 heavy (non-hydrogen) atoms. The molecule has 1 amide bonds. The molecule has 0 aliphatic carbocycles. The Labute approximate surface area is 130 Å². The molecule has 4 heteroatoms. The standard InChI is InChI=1S/C16H22ClNOS/c1-2-3-8-16(19)18-10-9-15(20-12-11-18)13-6-4-5-7-14(13)17/h4-7,15H,2-3,8-12H2,1H3. The highest BCUT2D eigenvalue weighted by Gasteiger charge is 2.22. The van der Waals surface area contributed by atoms with E-state index in [0.717, 1.165) is 43.1 Å². The van der Waals surface area contributed by atoms with Crippen LogP contribution in [0.1, 0.15) is 43.4 Å². The van der Waals surface area contributed by atoms with Crippen LogP contribution in [0.25, 0.3) is 0 Å². The molecule has 1 aliphatic rings. The number of thioether (sulfide) groups is 1. The van der Waals surface area contributed by atoms with Gasteiger partial charge in [-0.15, -0.1) is 0 Å². The first kappa shape index (κ1) is 15.7. The van der Waals surface area contributed by atoms with Crippen LogP contribution in [-0.2, 0) is 4.79 Å². The van der Waals surface area contributed by atoms with Gasteiger partial charge in [0.1, 0.15) is 0 Å². The molecular formula is C16H22ClNOS. The van der Waals surface area contributed by atoms with Gasteiger partial charge in [0.05, 0.1) is 0 Å². The molecule has 0 spiro atoms. The fourth-order valence-electron chi connectivity index (χ4n) is 2.49. The second-order valence-electron chi connectivity index (χ2n) is 5.15. The number of hydrogen-bond acceptors (Lipinski definition) is 2. The second-order valence-corrected chi connectivity index (χ2v) is 6.87. The zero-order valence-corrected chi connectivity index (χ0v) is 13.6. The van der Waals surface area contributed by atoms with Gasteiger partial charge >= 0.3 is 0 Å². The van der Waals surface area contributed by atoms with Crippen LogP contribution < -0.4 is 0 Å². The van der Waals surface area contributed by atoms with Crippen LogP contribution in [0, 0.1) is 0 Å². The third kappa shape index (κ3) is 4.16. The number of nitrogens with zero attached hydrogens (tertiary/aromatic N) is 1. The average Bonchev–Trinajstić information content (AvgIpc) is 2.71. The fourth-order valence-corrected chi connectivity index (χ4v) is 4.09. The molecular weight excluding hydrogens is 290 g/mol. The summed E-state index contributed by atoms with van der Waals surface area (Å²) in [6, 6.07) is 8.06. The molecule has 1 aromatic rings. The minimum Gasteiger partial charge on any atom is -0.342 e. The SMILES string of the molecule is CCCCC(=O)N1CCSC(c2ccccc2Cl)CC1. The highest BCUT2D eigenvalue weighted by molar-refractivity contribution is 7.99. The van der Waals surface area contributed by atoms with E-state index in [9.17, 15) is 4.79 Å². The van der Waals surface area contributed by atoms with Crippen molar-refractivity contribution in [3.63, 3.8) is 0 Å². The fraction of sp³-hybridized carbons (Fsp3) is 0.562. The van der Waals surface area contributed by atoms with Gasteiger partial charge < -0.3 is 4.90 Å². The molecule has 0 radical (unpaired) electrons. The summed E-state index contributed by atoms with van der Waals surface area (Å²) in [6.45, 7) is 3.85. The van der Waals surface area contributed by atoms with E-state index in [1.807, 2.05) is 34.9 Å². The van der Waals surface area contributed by atoms with Crippen molar-refractivity contribution in [3.8, 4) is 0 Å². The maximum atomic E-state index is 12.1. The van der Waals surface area contributed by atoms with E-state index in [2.05, 4.69) is 13.0 Å². The molecule has 1 atom stereocenters. The third-order valence-electron chi connectivity index (χ3n) is 3.69. The summed E-state index contributed by atoms with van der Waals surface area (Å²) < 4.78 is 0. The Hall–Kier alpha value is -0.670. The minimum absolute atomic E-state index is 0.312. The van der Waals surface area contributed by atoms with Gasteiger partial charge in [-0.1, -0.05) is 43.1 Å². The van der Waals surface area contributed by atoms with Crippen LogP contribution in [-0.4, -0.2) is 29.6 Å². The second kappa shape index (κ2) is 7.94. The number of benzene rings is 1. The summed E-state index contributed by atoms with van der Waals surface area (Å²) in [5.74, 6) is 1.31. The number of amides is 1. The predicted molar refractivity (Wildman–Crippen MR) is 87.4 cm³/mol. The van der Waals surface area contributed by atoms with Gasteiger partial charge in [0.25, 0.3) is 0 Å². The summed E-state index contributed by atoms with van der Waals surface area (Å²) in [5, 5.41) is 1.25. The normalized spacial score (nSPS) is 19.7. The lowest BCUT2D eigenvalue weighted by atomic mass is 10.1. The van der Waals surface area contributed by atoms with Crippen LogP contribution in [0.3, 0.4) is 0 Å². The molecule has 0 saturated carbocycles. The van der Waals surface area contributed by atoms with Gasteiger partial charge in [0, 0.05) is 35.5 Å². The van der Waals surface area contributed by atoms with E-state index in [-0.39, 0.29) is 0 Å².